The maximum absolute atomic E-state index is 11.6. The molecule has 8 nitrogen and oxygen atoms in total. The third-order valence-electron chi connectivity index (χ3n) is 5.59. The Balaban J connectivity index is 1.46. The number of ether oxygens (including phenoxy) is 1. The van der Waals surface area contributed by atoms with Crippen LogP contribution in [-0.4, -0.2) is 56.6 Å². The van der Waals surface area contributed by atoms with Crippen LogP contribution >= 0.6 is 23.2 Å². The lowest BCUT2D eigenvalue weighted by Crippen LogP contribution is -2.47. The largest absolute Gasteiger partial charge is 0.489 e. The number of hydrogen-bond donors (Lipinski definition) is 2. The summed E-state index contributed by atoms with van der Waals surface area (Å²) in [5.41, 5.74) is 8.69. The lowest BCUT2D eigenvalue weighted by atomic mass is 10.0. The lowest BCUT2D eigenvalue weighted by molar-refractivity contribution is 0.306. The number of nitrogens with one attached hydrogen (secondary N) is 1. The van der Waals surface area contributed by atoms with Gasteiger partial charge >= 0.3 is 0 Å². The number of hydrogen-bond acceptors (Lipinski definition) is 7. The molecule has 0 amide bonds. The van der Waals surface area contributed by atoms with Crippen molar-refractivity contribution >= 4 is 51.4 Å². The molecular formula is C23H24Cl2N6O2S. The molecule has 34 heavy (non-hydrogen) atoms. The Kier molecular flexibility index (Phi) is 7.67. The van der Waals surface area contributed by atoms with Crippen molar-refractivity contribution in [1.29, 1.82) is 5.41 Å². The van der Waals surface area contributed by atoms with E-state index in [1.165, 1.54) is 12.4 Å². The van der Waals surface area contributed by atoms with Crippen LogP contribution in [0.2, 0.25) is 10.0 Å². The topological polar surface area (TPSA) is 108 Å². The third kappa shape index (κ3) is 5.50. The molecule has 1 atom stereocenters. The van der Waals surface area contributed by atoms with Gasteiger partial charge in [0.25, 0.3) is 0 Å². The van der Waals surface area contributed by atoms with Crippen LogP contribution in [0, 0.1) is 5.41 Å². The Bertz CT molecular complexity index is 1200. The van der Waals surface area contributed by atoms with Crippen LogP contribution in [0.3, 0.4) is 0 Å². The zero-order valence-corrected chi connectivity index (χ0v) is 20.8. The van der Waals surface area contributed by atoms with Crippen LogP contribution in [0.5, 0.6) is 5.75 Å². The van der Waals surface area contributed by atoms with Gasteiger partial charge in [0, 0.05) is 73.4 Å². The number of piperazine rings is 1. The first-order valence-electron chi connectivity index (χ1n) is 10.5. The molecule has 3 N–H and O–H groups in total. The Morgan fingerprint density at radius 2 is 1.82 bits per heavy atom. The summed E-state index contributed by atoms with van der Waals surface area (Å²) in [7, 11) is -0.954. The normalized spacial score (nSPS) is 15.2. The van der Waals surface area contributed by atoms with Gasteiger partial charge in [0.15, 0.2) is 0 Å². The molecule has 0 bridgehead atoms. The van der Waals surface area contributed by atoms with Crippen LogP contribution < -0.4 is 15.4 Å². The van der Waals surface area contributed by atoms with Crippen LogP contribution in [0.4, 0.5) is 11.5 Å². The van der Waals surface area contributed by atoms with Crippen molar-refractivity contribution in [1.82, 2.24) is 14.3 Å². The molecule has 1 aliphatic heterocycles. The first kappa shape index (κ1) is 24.4. The van der Waals surface area contributed by atoms with Crippen LogP contribution in [0.1, 0.15) is 16.7 Å². The molecule has 0 aliphatic carbocycles. The molecule has 0 radical (unpaired) electrons. The molecule has 4 rings (SSSR count). The highest BCUT2D eigenvalue weighted by Crippen LogP contribution is 2.27. The first-order chi connectivity index (χ1) is 16.3. The molecule has 11 heteroatoms. The predicted octanol–water partition coefficient (Wildman–Crippen LogP) is 3.78. The van der Waals surface area contributed by atoms with Crippen LogP contribution in [0.15, 0.2) is 48.9 Å². The minimum Gasteiger partial charge on any atom is -0.489 e. The van der Waals surface area contributed by atoms with Crippen LogP contribution in [-0.2, 0) is 17.6 Å². The summed E-state index contributed by atoms with van der Waals surface area (Å²) >= 11 is 12.3. The summed E-state index contributed by atoms with van der Waals surface area (Å²) in [6, 6.07) is 8.91. The molecule has 2 aromatic heterocycles. The second-order valence-corrected chi connectivity index (χ2v) is 9.92. The van der Waals surface area contributed by atoms with E-state index in [2.05, 4.69) is 14.9 Å². The zero-order chi connectivity index (χ0) is 24.2. The summed E-state index contributed by atoms with van der Waals surface area (Å²) in [6.45, 7) is 3.11. The van der Waals surface area contributed by atoms with Gasteiger partial charge in [-0.3, -0.25) is 10.4 Å². The molecule has 1 unspecified atom stereocenters. The van der Waals surface area contributed by atoms with Crippen LogP contribution in [0.25, 0.3) is 0 Å². The van der Waals surface area contributed by atoms with E-state index >= 15 is 0 Å². The predicted molar refractivity (Wildman–Crippen MR) is 137 cm³/mol. The fourth-order valence-electron chi connectivity index (χ4n) is 3.62. The van der Waals surface area contributed by atoms with Crippen molar-refractivity contribution in [3.8, 4) is 5.75 Å². The first-order valence-corrected chi connectivity index (χ1v) is 12.8. The second-order valence-electron chi connectivity index (χ2n) is 7.74. The summed E-state index contributed by atoms with van der Waals surface area (Å²) in [6.07, 6.45) is 6.39. The van der Waals surface area contributed by atoms with Gasteiger partial charge in [0.05, 0.1) is 26.7 Å². The molecule has 3 aromatic rings. The number of rotatable bonds is 7. The average Bonchev–Trinajstić information content (AvgIpc) is 2.84. The summed E-state index contributed by atoms with van der Waals surface area (Å²) in [5, 5.41) is 9.53. The minimum atomic E-state index is -0.954. The van der Waals surface area contributed by atoms with Crippen molar-refractivity contribution in [2.75, 3.05) is 43.1 Å². The van der Waals surface area contributed by atoms with E-state index in [1.807, 2.05) is 16.4 Å². The Morgan fingerprint density at radius 1 is 1.12 bits per heavy atom. The van der Waals surface area contributed by atoms with E-state index in [0.29, 0.717) is 38.2 Å². The average molecular weight is 519 g/mol. The number of nitrogen functional groups attached to an aromatic ring is 1. The lowest BCUT2D eigenvalue weighted by Gasteiger charge is -2.33. The van der Waals surface area contributed by atoms with Gasteiger partial charge in [-0.05, 0) is 30.3 Å². The molecular weight excluding hydrogens is 495 g/mol. The van der Waals surface area contributed by atoms with Gasteiger partial charge < -0.3 is 15.4 Å². The summed E-state index contributed by atoms with van der Waals surface area (Å²) < 4.78 is 19.4. The Labute approximate surface area is 210 Å². The Hall–Kier alpha value is -2.72. The molecule has 1 saturated heterocycles. The van der Waals surface area contributed by atoms with Gasteiger partial charge in [-0.1, -0.05) is 23.2 Å². The third-order valence-corrected chi connectivity index (χ3v) is 7.34. The highest BCUT2D eigenvalue weighted by molar-refractivity contribution is 7.81. The highest BCUT2D eigenvalue weighted by atomic mass is 35.5. The van der Waals surface area contributed by atoms with E-state index < -0.39 is 11.0 Å². The van der Waals surface area contributed by atoms with Gasteiger partial charge in [-0.2, -0.15) is 0 Å². The van der Waals surface area contributed by atoms with Crippen molar-refractivity contribution in [2.45, 2.75) is 6.61 Å². The molecule has 0 saturated carbocycles. The van der Waals surface area contributed by atoms with E-state index in [9.17, 15) is 4.21 Å². The maximum atomic E-state index is 11.6. The Morgan fingerprint density at radius 3 is 2.44 bits per heavy atom. The number of aromatic nitrogens is 2. The quantitative estimate of drug-likeness (QED) is 0.364. The van der Waals surface area contributed by atoms with Gasteiger partial charge in [-0.25, -0.2) is 13.5 Å². The van der Waals surface area contributed by atoms with E-state index in [1.54, 1.807) is 30.7 Å². The maximum Gasteiger partial charge on any atom is 0.128 e. The number of pyridine rings is 2. The number of anilines is 2. The van der Waals surface area contributed by atoms with Gasteiger partial charge in [0.1, 0.15) is 18.2 Å². The van der Waals surface area contributed by atoms with Crippen molar-refractivity contribution in [3.63, 3.8) is 0 Å². The van der Waals surface area contributed by atoms with E-state index in [-0.39, 0.29) is 12.3 Å². The van der Waals surface area contributed by atoms with E-state index in [4.69, 9.17) is 39.1 Å². The van der Waals surface area contributed by atoms with Gasteiger partial charge in [-0.15, -0.1) is 0 Å². The fraction of sp³-hybridized carbons (Fsp3) is 0.261. The minimum absolute atomic E-state index is 0.159. The smallest absolute Gasteiger partial charge is 0.128 e. The monoisotopic (exact) mass is 518 g/mol. The number of nitrogens with two attached hydrogens (primary N) is 1. The van der Waals surface area contributed by atoms with Crippen molar-refractivity contribution in [3.05, 3.63) is 75.7 Å². The van der Waals surface area contributed by atoms with Crippen molar-refractivity contribution < 1.29 is 8.95 Å². The number of benzene rings is 1. The van der Waals surface area contributed by atoms with E-state index in [0.717, 1.165) is 32.0 Å². The molecule has 1 aromatic carbocycles. The van der Waals surface area contributed by atoms with Gasteiger partial charge in [0.2, 0.25) is 0 Å². The summed E-state index contributed by atoms with van der Waals surface area (Å²) in [4.78, 5) is 10.6. The number of nitrogens with zero attached hydrogens (tertiary/aromatic N) is 4. The standard InChI is InChI=1S/C23H24Cl2N6O2S/c1-34(32)31-8-6-30(7-9-31)22-5-2-15(11-29-22)23(27)17-10-16(3-4-21(17)26)33-14-18-19(24)12-28-13-20(18)25/h2-5,10-13,27H,6-9,14,26H2,1H3. The zero-order valence-electron chi connectivity index (χ0n) is 18.5. The molecule has 0 spiro atoms. The molecule has 1 fully saturated rings. The number of halogens is 2. The fourth-order valence-corrected chi connectivity index (χ4v) is 4.78. The highest BCUT2D eigenvalue weighted by Gasteiger charge is 2.20. The second kappa shape index (κ2) is 10.7. The molecule has 1 aliphatic rings. The molecule has 178 valence electrons. The molecule has 3 heterocycles. The SMILES string of the molecule is CS(=O)N1CCN(c2ccc(C(=N)c3cc(OCc4c(Cl)cncc4Cl)ccc3N)cn2)CC1. The summed E-state index contributed by atoms with van der Waals surface area (Å²) in [5.74, 6) is 1.36. The van der Waals surface area contributed by atoms with Crippen molar-refractivity contribution in [2.24, 2.45) is 0 Å².